The highest BCUT2D eigenvalue weighted by Crippen LogP contribution is 2.29. The minimum absolute atomic E-state index is 0.0843. The molecule has 2 aliphatic heterocycles. The summed E-state index contributed by atoms with van der Waals surface area (Å²) in [6.45, 7) is 5.23. The van der Waals surface area contributed by atoms with Gasteiger partial charge in [0.1, 0.15) is 6.61 Å². The van der Waals surface area contributed by atoms with E-state index in [-0.39, 0.29) is 24.5 Å². The van der Waals surface area contributed by atoms with Crippen LogP contribution in [-0.4, -0.2) is 72.6 Å². The average molecular weight is 386 g/mol. The highest BCUT2D eigenvalue weighted by molar-refractivity contribution is 5.95. The first-order valence-electron chi connectivity index (χ1n) is 10.6. The Hall–Kier alpha value is -1.92. The number of morpholine rings is 1. The Balaban J connectivity index is 1.28. The Bertz CT molecular complexity index is 711. The van der Waals surface area contributed by atoms with Crippen molar-refractivity contribution in [2.24, 2.45) is 0 Å². The molecule has 1 aliphatic carbocycles. The molecule has 1 saturated carbocycles. The number of carbonyl (C=O) groups is 2. The molecule has 6 nitrogen and oxygen atoms in total. The molecule has 0 aromatic heterocycles. The van der Waals surface area contributed by atoms with E-state index < -0.39 is 0 Å². The van der Waals surface area contributed by atoms with Crippen molar-refractivity contribution in [3.05, 3.63) is 35.4 Å². The second kappa shape index (κ2) is 8.62. The minimum atomic E-state index is -0.143. The fraction of sp³-hybridized carbons (Fsp3) is 0.636. The molecule has 0 spiro atoms. The van der Waals surface area contributed by atoms with Crippen molar-refractivity contribution < 1.29 is 14.3 Å². The molecular formula is C22H31N3O3. The van der Waals surface area contributed by atoms with Crippen molar-refractivity contribution in [2.45, 2.75) is 57.2 Å². The molecule has 1 N–H and O–H groups in total. The standard InChI is InChI=1S/C22H31N3O3/c1-16-5-2-3-8-20(16)22(27)23-13-19-14-25(21(26)15-28-19)18-9-11-24(12-10-18)17-6-4-7-17/h2-3,5,8,17-19H,4,6-7,9-15H2,1H3,(H,23,27)/t19-/m0/s1. The average Bonchev–Trinajstić information content (AvgIpc) is 2.67. The van der Waals surface area contributed by atoms with Gasteiger partial charge in [-0.05, 0) is 44.2 Å². The zero-order valence-electron chi connectivity index (χ0n) is 16.7. The fourth-order valence-electron chi connectivity index (χ4n) is 4.57. The van der Waals surface area contributed by atoms with E-state index >= 15 is 0 Å². The van der Waals surface area contributed by atoms with Crippen molar-refractivity contribution in [3.63, 3.8) is 0 Å². The van der Waals surface area contributed by atoms with Crippen LogP contribution in [0.3, 0.4) is 0 Å². The summed E-state index contributed by atoms with van der Waals surface area (Å²) >= 11 is 0. The molecule has 152 valence electrons. The first kappa shape index (κ1) is 19.4. The minimum Gasteiger partial charge on any atom is -0.365 e. The molecular weight excluding hydrogens is 354 g/mol. The molecule has 1 atom stereocenters. The summed E-state index contributed by atoms with van der Waals surface area (Å²) in [4.78, 5) is 29.5. The number of hydrogen-bond donors (Lipinski definition) is 1. The lowest BCUT2D eigenvalue weighted by Gasteiger charge is -2.45. The van der Waals surface area contributed by atoms with Crippen LogP contribution in [0, 0.1) is 6.92 Å². The van der Waals surface area contributed by atoms with E-state index in [0.717, 1.165) is 37.5 Å². The molecule has 4 rings (SSSR count). The second-order valence-electron chi connectivity index (χ2n) is 8.36. The largest absolute Gasteiger partial charge is 0.365 e. The van der Waals surface area contributed by atoms with Gasteiger partial charge in [-0.2, -0.15) is 0 Å². The number of carbonyl (C=O) groups excluding carboxylic acids is 2. The van der Waals surface area contributed by atoms with E-state index in [1.54, 1.807) is 0 Å². The molecule has 3 fully saturated rings. The molecule has 1 aromatic rings. The monoisotopic (exact) mass is 385 g/mol. The van der Waals surface area contributed by atoms with Gasteiger partial charge in [-0.25, -0.2) is 0 Å². The van der Waals surface area contributed by atoms with Gasteiger partial charge in [-0.15, -0.1) is 0 Å². The predicted molar refractivity (Wildman–Crippen MR) is 107 cm³/mol. The Morgan fingerprint density at radius 2 is 1.89 bits per heavy atom. The highest BCUT2D eigenvalue weighted by atomic mass is 16.5. The maximum Gasteiger partial charge on any atom is 0.251 e. The number of piperidine rings is 1. The Labute approximate surface area is 167 Å². The number of hydrogen-bond acceptors (Lipinski definition) is 4. The number of aryl methyl sites for hydroxylation is 1. The number of rotatable bonds is 5. The van der Waals surface area contributed by atoms with Crippen LogP contribution < -0.4 is 5.32 Å². The zero-order valence-corrected chi connectivity index (χ0v) is 16.7. The van der Waals surface area contributed by atoms with Crippen LogP contribution >= 0.6 is 0 Å². The van der Waals surface area contributed by atoms with Crippen LogP contribution in [-0.2, 0) is 9.53 Å². The summed E-state index contributed by atoms with van der Waals surface area (Å²) in [6.07, 6.45) is 5.99. The van der Waals surface area contributed by atoms with Crippen molar-refractivity contribution in [1.82, 2.24) is 15.1 Å². The summed E-state index contributed by atoms with van der Waals surface area (Å²) in [7, 11) is 0. The molecule has 2 heterocycles. The van der Waals surface area contributed by atoms with E-state index in [1.165, 1.54) is 19.3 Å². The fourth-order valence-corrected chi connectivity index (χ4v) is 4.57. The summed E-state index contributed by atoms with van der Waals surface area (Å²) < 4.78 is 5.70. The number of likely N-dealkylation sites (tertiary alicyclic amines) is 1. The molecule has 2 saturated heterocycles. The van der Waals surface area contributed by atoms with Gasteiger partial charge in [0, 0.05) is 43.8 Å². The quantitative estimate of drug-likeness (QED) is 0.842. The summed E-state index contributed by atoms with van der Waals surface area (Å²) in [5.41, 5.74) is 1.65. The van der Waals surface area contributed by atoms with Crippen LogP contribution in [0.4, 0.5) is 0 Å². The van der Waals surface area contributed by atoms with Crippen molar-refractivity contribution in [1.29, 1.82) is 0 Å². The summed E-state index contributed by atoms with van der Waals surface area (Å²) in [5.74, 6) is 0.00234. The number of amides is 2. The molecule has 6 heteroatoms. The molecule has 2 amide bonds. The topological polar surface area (TPSA) is 61.9 Å². The van der Waals surface area contributed by atoms with Crippen molar-refractivity contribution in [3.8, 4) is 0 Å². The Kier molecular flexibility index (Phi) is 5.97. The van der Waals surface area contributed by atoms with Gasteiger partial charge in [0.2, 0.25) is 5.91 Å². The molecule has 0 unspecified atom stereocenters. The van der Waals surface area contributed by atoms with Crippen molar-refractivity contribution in [2.75, 3.05) is 32.8 Å². The van der Waals surface area contributed by atoms with Gasteiger partial charge in [-0.3, -0.25) is 9.59 Å². The Morgan fingerprint density at radius 3 is 2.57 bits per heavy atom. The summed E-state index contributed by atoms with van der Waals surface area (Å²) in [6, 6.07) is 8.65. The lowest BCUT2D eigenvalue weighted by molar-refractivity contribution is -0.153. The Morgan fingerprint density at radius 1 is 1.14 bits per heavy atom. The molecule has 3 aliphatic rings. The molecule has 28 heavy (non-hydrogen) atoms. The number of benzene rings is 1. The lowest BCUT2D eigenvalue weighted by Crippen LogP contribution is -2.57. The van der Waals surface area contributed by atoms with Gasteiger partial charge >= 0.3 is 0 Å². The van der Waals surface area contributed by atoms with E-state index in [4.69, 9.17) is 4.74 Å². The van der Waals surface area contributed by atoms with E-state index in [1.807, 2.05) is 36.1 Å². The maximum atomic E-state index is 12.4. The maximum absolute atomic E-state index is 12.4. The van der Waals surface area contributed by atoms with Crippen molar-refractivity contribution >= 4 is 11.8 Å². The third-order valence-electron chi connectivity index (χ3n) is 6.57. The molecule has 0 bridgehead atoms. The highest BCUT2D eigenvalue weighted by Gasteiger charge is 2.35. The number of nitrogens with zero attached hydrogens (tertiary/aromatic N) is 2. The number of nitrogens with one attached hydrogen (secondary N) is 1. The van der Waals surface area contributed by atoms with E-state index in [9.17, 15) is 9.59 Å². The number of ether oxygens (including phenoxy) is 1. The SMILES string of the molecule is Cc1ccccc1C(=O)NC[C@H]1CN(C2CCN(C3CCC3)CC2)C(=O)CO1. The smallest absolute Gasteiger partial charge is 0.251 e. The summed E-state index contributed by atoms with van der Waals surface area (Å²) in [5, 5.41) is 2.97. The van der Waals surface area contributed by atoms with Crippen LogP contribution in [0.2, 0.25) is 0 Å². The van der Waals surface area contributed by atoms with Gasteiger partial charge in [0.15, 0.2) is 0 Å². The lowest BCUT2D eigenvalue weighted by atomic mass is 9.89. The third kappa shape index (κ3) is 4.23. The first-order valence-corrected chi connectivity index (χ1v) is 10.6. The zero-order chi connectivity index (χ0) is 19.5. The molecule has 1 aromatic carbocycles. The first-order chi connectivity index (χ1) is 13.6. The van der Waals surface area contributed by atoms with Gasteiger partial charge in [0.25, 0.3) is 5.91 Å². The van der Waals surface area contributed by atoms with Crippen LogP contribution in [0.1, 0.15) is 48.0 Å². The third-order valence-corrected chi connectivity index (χ3v) is 6.57. The van der Waals surface area contributed by atoms with Crippen LogP contribution in [0.15, 0.2) is 24.3 Å². The van der Waals surface area contributed by atoms with Gasteiger partial charge < -0.3 is 19.9 Å². The van der Waals surface area contributed by atoms with Crippen LogP contribution in [0.5, 0.6) is 0 Å². The van der Waals surface area contributed by atoms with Crippen LogP contribution in [0.25, 0.3) is 0 Å². The predicted octanol–water partition coefficient (Wildman–Crippen LogP) is 1.97. The van der Waals surface area contributed by atoms with E-state index in [0.29, 0.717) is 24.7 Å². The van der Waals surface area contributed by atoms with Gasteiger partial charge in [0.05, 0.1) is 6.10 Å². The second-order valence-corrected chi connectivity index (χ2v) is 8.36. The van der Waals surface area contributed by atoms with Gasteiger partial charge in [-0.1, -0.05) is 24.6 Å². The van der Waals surface area contributed by atoms with E-state index in [2.05, 4.69) is 10.2 Å². The normalized spacial score (nSPS) is 24.8. The molecule has 0 radical (unpaired) electrons.